The van der Waals surface area contributed by atoms with E-state index in [-0.39, 0.29) is 18.1 Å². The lowest BCUT2D eigenvalue weighted by atomic mass is 10.2. The predicted octanol–water partition coefficient (Wildman–Crippen LogP) is 1.32. The first kappa shape index (κ1) is 12.1. The molecule has 1 atom stereocenters. The first-order valence-electron chi connectivity index (χ1n) is 4.59. The summed E-state index contributed by atoms with van der Waals surface area (Å²) in [6.45, 7) is 1.99. The van der Waals surface area contributed by atoms with Crippen LogP contribution in [0.4, 0.5) is 0 Å². The van der Waals surface area contributed by atoms with Gasteiger partial charge in [0, 0.05) is 12.0 Å². The van der Waals surface area contributed by atoms with Gasteiger partial charge in [-0.2, -0.15) is 0 Å². The SMILES string of the molecule is COCC(=O)CS(=O)c1ccc(C)cc1. The molecule has 0 aliphatic carbocycles. The van der Waals surface area contributed by atoms with Crippen LogP contribution in [0.3, 0.4) is 0 Å². The van der Waals surface area contributed by atoms with Crippen LogP contribution in [0.5, 0.6) is 0 Å². The second-order valence-electron chi connectivity index (χ2n) is 3.27. The number of carbonyl (C=O) groups is 1. The van der Waals surface area contributed by atoms with Crippen LogP contribution in [-0.4, -0.2) is 29.5 Å². The Balaban J connectivity index is 2.61. The van der Waals surface area contributed by atoms with Crippen LogP contribution in [-0.2, 0) is 20.3 Å². The highest BCUT2D eigenvalue weighted by molar-refractivity contribution is 7.85. The molecule has 0 amide bonds. The van der Waals surface area contributed by atoms with Gasteiger partial charge >= 0.3 is 0 Å². The number of carbonyl (C=O) groups excluding carboxylic acids is 1. The quantitative estimate of drug-likeness (QED) is 0.760. The molecule has 82 valence electrons. The molecule has 0 saturated carbocycles. The van der Waals surface area contributed by atoms with Gasteiger partial charge in [-0.3, -0.25) is 9.00 Å². The molecule has 3 nitrogen and oxygen atoms in total. The fourth-order valence-electron chi connectivity index (χ4n) is 1.12. The summed E-state index contributed by atoms with van der Waals surface area (Å²) in [7, 11) is 0.198. The maximum atomic E-state index is 11.7. The molecule has 0 aliphatic heterocycles. The molecule has 0 fully saturated rings. The third-order valence-corrected chi connectivity index (χ3v) is 3.26. The molecule has 0 aliphatic rings. The lowest BCUT2D eigenvalue weighted by Gasteiger charge is -2.01. The van der Waals surface area contributed by atoms with Gasteiger partial charge in [0.25, 0.3) is 0 Å². The number of ether oxygens (including phenoxy) is 1. The highest BCUT2D eigenvalue weighted by Crippen LogP contribution is 2.08. The van der Waals surface area contributed by atoms with Gasteiger partial charge < -0.3 is 4.74 Å². The Bertz CT molecular complexity index is 357. The lowest BCUT2D eigenvalue weighted by molar-refractivity contribution is -0.120. The van der Waals surface area contributed by atoms with Crippen molar-refractivity contribution in [1.82, 2.24) is 0 Å². The molecular formula is C11H14O3S. The van der Waals surface area contributed by atoms with E-state index in [1.54, 1.807) is 12.1 Å². The van der Waals surface area contributed by atoms with E-state index < -0.39 is 10.8 Å². The van der Waals surface area contributed by atoms with Gasteiger partial charge in [-0.05, 0) is 19.1 Å². The topological polar surface area (TPSA) is 43.4 Å². The van der Waals surface area contributed by atoms with Gasteiger partial charge in [0.15, 0.2) is 5.78 Å². The van der Waals surface area contributed by atoms with E-state index in [4.69, 9.17) is 0 Å². The summed E-state index contributed by atoms with van der Waals surface area (Å²) < 4.78 is 16.4. The van der Waals surface area contributed by atoms with E-state index in [2.05, 4.69) is 4.74 Å². The van der Waals surface area contributed by atoms with E-state index in [9.17, 15) is 9.00 Å². The minimum atomic E-state index is -1.25. The molecule has 1 unspecified atom stereocenters. The van der Waals surface area contributed by atoms with Crippen LogP contribution >= 0.6 is 0 Å². The number of aryl methyl sites for hydroxylation is 1. The standard InChI is InChI=1S/C11H14O3S/c1-9-3-5-11(6-4-9)15(13)8-10(12)7-14-2/h3-6H,7-8H2,1-2H3. The van der Waals surface area contributed by atoms with Crippen molar-refractivity contribution >= 4 is 16.6 Å². The number of methoxy groups -OCH3 is 1. The smallest absolute Gasteiger partial charge is 0.171 e. The molecule has 1 aromatic rings. The molecule has 0 N–H and O–H groups in total. The number of hydrogen-bond acceptors (Lipinski definition) is 3. The zero-order chi connectivity index (χ0) is 11.3. The molecule has 4 heteroatoms. The molecule has 1 rings (SSSR count). The Labute approximate surface area is 91.9 Å². The zero-order valence-corrected chi connectivity index (χ0v) is 9.67. The minimum absolute atomic E-state index is 0.0247. The Morgan fingerprint density at radius 1 is 1.33 bits per heavy atom. The van der Waals surface area contributed by atoms with Crippen LogP contribution in [0, 0.1) is 6.92 Å². The molecule has 0 bridgehead atoms. The Kier molecular flexibility index (Phi) is 4.65. The molecule has 0 spiro atoms. The summed E-state index contributed by atoms with van der Waals surface area (Å²) in [5.41, 5.74) is 1.11. The molecule has 0 heterocycles. The first-order chi connectivity index (χ1) is 7.13. The van der Waals surface area contributed by atoms with Crippen molar-refractivity contribution in [3.8, 4) is 0 Å². The highest BCUT2D eigenvalue weighted by atomic mass is 32.2. The van der Waals surface area contributed by atoms with Gasteiger partial charge in [0.1, 0.15) is 6.61 Å². The Morgan fingerprint density at radius 3 is 2.47 bits per heavy atom. The number of ketones is 1. The van der Waals surface area contributed by atoms with Crippen LogP contribution in [0.25, 0.3) is 0 Å². The fraction of sp³-hybridized carbons (Fsp3) is 0.364. The van der Waals surface area contributed by atoms with Crippen molar-refractivity contribution < 1.29 is 13.7 Å². The Morgan fingerprint density at radius 2 is 1.93 bits per heavy atom. The van der Waals surface area contributed by atoms with Crippen molar-refractivity contribution in [2.24, 2.45) is 0 Å². The molecule has 0 aromatic heterocycles. The third kappa shape index (κ3) is 3.93. The summed E-state index contributed by atoms with van der Waals surface area (Å²) in [6, 6.07) is 7.33. The van der Waals surface area contributed by atoms with Gasteiger partial charge in [-0.25, -0.2) is 0 Å². The third-order valence-electron chi connectivity index (χ3n) is 1.88. The summed E-state index contributed by atoms with van der Waals surface area (Å²) >= 11 is 0. The maximum Gasteiger partial charge on any atom is 0.171 e. The maximum absolute atomic E-state index is 11.7. The van der Waals surface area contributed by atoms with Gasteiger partial charge in [0.2, 0.25) is 0 Å². The summed E-state index contributed by atoms with van der Waals surface area (Å²) in [5, 5.41) is 0. The summed E-state index contributed by atoms with van der Waals surface area (Å²) in [5.74, 6) is -0.118. The van der Waals surface area contributed by atoms with E-state index in [1.807, 2.05) is 19.1 Å². The largest absolute Gasteiger partial charge is 0.377 e. The van der Waals surface area contributed by atoms with E-state index in [1.165, 1.54) is 7.11 Å². The summed E-state index contributed by atoms with van der Waals surface area (Å²) in [4.78, 5) is 11.9. The Hall–Kier alpha value is -1.00. The van der Waals surface area contributed by atoms with Crippen molar-refractivity contribution in [1.29, 1.82) is 0 Å². The molecule has 15 heavy (non-hydrogen) atoms. The summed E-state index contributed by atoms with van der Waals surface area (Å²) in [6.07, 6.45) is 0. The van der Waals surface area contributed by atoms with Gasteiger partial charge in [-0.1, -0.05) is 17.7 Å². The number of hydrogen-bond donors (Lipinski definition) is 0. The molecule has 1 aromatic carbocycles. The van der Waals surface area contributed by atoms with Gasteiger partial charge in [0.05, 0.1) is 16.6 Å². The highest BCUT2D eigenvalue weighted by Gasteiger charge is 2.09. The normalized spacial score (nSPS) is 12.4. The van der Waals surface area contributed by atoms with Crippen molar-refractivity contribution in [3.05, 3.63) is 29.8 Å². The first-order valence-corrected chi connectivity index (χ1v) is 5.91. The van der Waals surface area contributed by atoms with Crippen LogP contribution in [0.1, 0.15) is 5.56 Å². The molecular weight excluding hydrogens is 212 g/mol. The van der Waals surface area contributed by atoms with E-state index >= 15 is 0 Å². The van der Waals surface area contributed by atoms with Gasteiger partial charge in [-0.15, -0.1) is 0 Å². The second-order valence-corrected chi connectivity index (χ2v) is 4.73. The second kappa shape index (κ2) is 5.78. The average molecular weight is 226 g/mol. The monoisotopic (exact) mass is 226 g/mol. The van der Waals surface area contributed by atoms with Crippen molar-refractivity contribution in [2.45, 2.75) is 11.8 Å². The molecule has 0 saturated heterocycles. The predicted molar refractivity (Wildman–Crippen MR) is 59.3 cm³/mol. The number of benzene rings is 1. The zero-order valence-electron chi connectivity index (χ0n) is 8.86. The van der Waals surface area contributed by atoms with Crippen LogP contribution in [0.15, 0.2) is 29.2 Å². The number of rotatable bonds is 5. The van der Waals surface area contributed by atoms with Crippen LogP contribution < -0.4 is 0 Å². The lowest BCUT2D eigenvalue weighted by Crippen LogP contribution is -2.15. The van der Waals surface area contributed by atoms with E-state index in [0.717, 1.165) is 5.56 Å². The van der Waals surface area contributed by atoms with Crippen LogP contribution in [0.2, 0.25) is 0 Å². The number of Topliss-reactive ketones (excluding diaryl/α,β-unsaturated/α-hetero) is 1. The van der Waals surface area contributed by atoms with Crippen molar-refractivity contribution in [3.63, 3.8) is 0 Å². The average Bonchev–Trinajstić information content (AvgIpc) is 2.18. The molecule has 0 radical (unpaired) electrons. The minimum Gasteiger partial charge on any atom is -0.377 e. The van der Waals surface area contributed by atoms with Crippen molar-refractivity contribution in [2.75, 3.05) is 19.5 Å². The van der Waals surface area contributed by atoms with E-state index in [0.29, 0.717) is 4.90 Å². The fourth-order valence-corrected chi connectivity index (χ4v) is 2.10.